The number of ether oxygens (including phenoxy) is 1. The van der Waals surface area contributed by atoms with Crippen LogP contribution in [0.2, 0.25) is 0 Å². The van der Waals surface area contributed by atoms with Crippen LogP contribution < -0.4 is 10.6 Å². The molecule has 0 radical (unpaired) electrons. The van der Waals surface area contributed by atoms with E-state index in [0.717, 1.165) is 19.6 Å². The molecule has 23 heavy (non-hydrogen) atoms. The fraction of sp³-hybridized carbons (Fsp3) is 0.933. The molecule has 2 amide bonds. The van der Waals surface area contributed by atoms with Gasteiger partial charge in [0.15, 0.2) is 9.84 Å². The van der Waals surface area contributed by atoms with Gasteiger partial charge in [-0.25, -0.2) is 13.2 Å². The summed E-state index contributed by atoms with van der Waals surface area (Å²) in [4.78, 5) is 14.2. The van der Waals surface area contributed by atoms with Gasteiger partial charge in [0, 0.05) is 32.7 Å². The van der Waals surface area contributed by atoms with Gasteiger partial charge in [-0.3, -0.25) is 4.90 Å². The standard InChI is InChI=1S/C15H29N3O4S/c1-12(2)9-18-4-5-22-14(10-18)8-17-15(19)16-7-13-3-6-23(20,21)11-13/h12-14H,3-11H2,1-2H3,(H2,16,17,19)/t13-,14-/m0/s1. The SMILES string of the molecule is CC(C)CN1CCO[C@@H](CNC(=O)NC[C@@H]2CCS(=O)(=O)C2)C1. The highest BCUT2D eigenvalue weighted by molar-refractivity contribution is 7.91. The molecule has 2 N–H and O–H groups in total. The van der Waals surface area contributed by atoms with E-state index in [4.69, 9.17) is 4.74 Å². The van der Waals surface area contributed by atoms with Crippen molar-refractivity contribution in [2.24, 2.45) is 11.8 Å². The van der Waals surface area contributed by atoms with Crippen LogP contribution in [0, 0.1) is 11.8 Å². The number of nitrogens with one attached hydrogen (secondary N) is 2. The van der Waals surface area contributed by atoms with E-state index >= 15 is 0 Å². The van der Waals surface area contributed by atoms with Crippen molar-refractivity contribution in [1.29, 1.82) is 0 Å². The molecule has 0 aromatic rings. The smallest absolute Gasteiger partial charge is 0.314 e. The Morgan fingerprint density at radius 1 is 1.30 bits per heavy atom. The molecule has 134 valence electrons. The van der Waals surface area contributed by atoms with E-state index < -0.39 is 9.84 Å². The van der Waals surface area contributed by atoms with Crippen molar-refractivity contribution >= 4 is 15.9 Å². The Labute approximate surface area is 139 Å². The molecule has 8 heteroatoms. The Hall–Kier alpha value is -0.860. The summed E-state index contributed by atoms with van der Waals surface area (Å²) < 4.78 is 28.4. The summed E-state index contributed by atoms with van der Waals surface area (Å²) in [5, 5.41) is 5.58. The molecular formula is C15H29N3O4S. The van der Waals surface area contributed by atoms with Crippen LogP contribution in [0.1, 0.15) is 20.3 Å². The summed E-state index contributed by atoms with van der Waals surface area (Å²) in [5.41, 5.74) is 0. The van der Waals surface area contributed by atoms with E-state index in [1.165, 1.54) is 0 Å². The van der Waals surface area contributed by atoms with Gasteiger partial charge in [0.25, 0.3) is 0 Å². The molecule has 0 aromatic carbocycles. The predicted octanol–water partition coefficient (Wildman–Crippen LogP) is 0.0771. The van der Waals surface area contributed by atoms with E-state index in [1.54, 1.807) is 0 Å². The normalized spacial score (nSPS) is 28.0. The number of hydrogen-bond donors (Lipinski definition) is 2. The molecule has 0 aromatic heterocycles. The van der Waals surface area contributed by atoms with Crippen LogP contribution in [0.4, 0.5) is 4.79 Å². The van der Waals surface area contributed by atoms with Gasteiger partial charge in [0.05, 0.1) is 24.2 Å². The Bertz CT molecular complexity index is 495. The lowest BCUT2D eigenvalue weighted by Crippen LogP contribution is -2.50. The summed E-state index contributed by atoms with van der Waals surface area (Å²) in [6, 6.07) is -0.251. The van der Waals surface area contributed by atoms with Gasteiger partial charge in [-0.1, -0.05) is 13.8 Å². The van der Waals surface area contributed by atoms with E-state index in [2.05, 4.69) is 29.4 Å². The molecule has 2 aliphatic heterocycles. The van der Waals surface area contributed by atoms with Crippen LogP contribution in [-0.2, 0) is 14.6 Å². The van der Waals surface area contributed by atoms with E-state index in [1.807, 2.05) is 0 Å². The largest absolute Gasteiger partial charge is 0.374 e. The number of carbonyl (C=O) groups is 1. The first-order chi connectivity index (χ1) is 10.8. The number of morpholine rings is 1. The Morgan fingerprint density at radius 2 is 2.04 bits per heavy atom. The van der Waals surface area contributed by atoms with Crippen LogP contribution in [0.15, 0.2) is 0 Å². The summed E-state index contributed by atoms with van der Waals surface area (Å²) >= 11 is 0. The highest BCUT2D eigenvalue weighted by Gasteiger charge is 2.28. The zero-order valence-electron chi connectivity index (χ0n) is 14.1. The lowest BCUT2D eigenvalue weighted by Gasteiger charge is -2.33. The second kappa shape index (κ2) is 8.30. The van der Waals surface area contributed by atoms with E-state index in [9.17, 15) is 13.2 Å². The first kappa shape index (κ1) is 18.5. The summed E-state index contributed by atoms with van der Waals surface area (Å²) in [6.07, 6.45) is 0.651. The fourth-order valence-corrected chi connectivity index (χ4v) is 4.99. The van der Waals surface area contributed by atoms with Gasteiger partial charge in [0.1, 0.15) is 0 Å². The third-order valence-corrected chi connectivity index (χ3v) is 6.05. The van der Waals surface area contributed by atoms with Crippen molar-refractivity contribution in [3.8, 4) is 0 Å². The molecule has 0 spiro atoms. The Morgan fingerprint density at radius 3 is 2.70 bits per heavy atom. The maximum absolute atomic E-state index is 11.8. The zero-order valence-corrected chi connectivity index (χ0v) is 14.9. The van der Waals surface area contributed by atoms with Crippen molar-refractivity contribution in [3.63, 3.8) is 0 Å². The third kappa shape index (κ3) is 6.64. The molecule has 2 heterocycles. The van der Waals surface area contributed by atoms with Gasteiger partial charge in [0.2, 0.25) is 0 Å². The molecule has 2 fully saturated rings. The molecule has 0 saturated carbocycles. The van der Waals surface area contributed by atoms with Crippen molar-refractivity contribution in [2.75, 3.05) is 50.8 Å². The second-order valence-electron chi connectivity index (χ2n) is 7.01. The monoisotopic (exact) mass is 347 g/mol. The number of amides is 2. The number of nitrogens with zero attached hydrogens (tertiary/aromatic N) is 1. The zero-order chi connectivity index (χ0) is 16.9. The molecular weight excluding hydrogens is 318 g/mol. The molecule has 0 unspecified atom stereocenters. The van der Waals surface area contributed by atoms with E-state index in [0.29, 0.717) is 32.0 Å². The number of urea groups is 1. The molecule has 2 rings (SSSR count). The van der Waals surface area contributed by atoms with Crippen LogP contribution in [0.3, 0.4) is 0 Å². The fourth-order valence-electron chi connectivity index (χ4n) is 3.13. The van der Waals surface area contributed by atoms with Gasteiger partial charge in [-0.2, -0.15) is 0 Å². The summed E-state index contributed by atoms with van der Waals surface area (Å²) in [5.74, 6) is 1.08. The number of hydrogen-bond acceptors (Lipinski definition) is 5. The highest BCUT2D eigenvalue weighted by Crippen LogP contribution is 2.17. The van der Waals surface area contributed by atoms with E-state index in [-0.39, 0.29) is 29.6 Å². The number of sulfone groups is 1. The lowest BCUT2D eigenvalue weighted by atomic mass is 10.1. The quantitative estimate of drug-likeness (QED) is 0.710. The highest BCUT2D eigenvalue weighted by atomic mass is 32.2. The topological polar surface area (TPSA) is 87.7 Å². The molecule has 0 bridgehead atoms. The van der Waals surface area contributed by atoms with Gasteiger partial charge in [-0.15, -0.1) is 0 Å². The van der Waals surface area contributed by atoms with Crippen molar-refractivity contribution in [1.82, 2.24) is 15.5 Å². The van der Waals surface area contributed by atoms with Crippen LogP contribution >= 0.6 is 0 Å². The van der Waals surface area contributed by atoms with Crippen molar-refractivity contribution in [2.45, 2.75) is 26.4 Å². The minimum atomic E-state index is -2.89. The second-order valence-corrected chi connectivity index (χ2v) is 9.23. The summed E-state index contributed by atoms with van der Waals surface area (Å²) in [6.45, 7) is 8.79. The maximum Gasteiger partial charge on any atom is 0.314 e. The molecule has 2 atom stereocenters. The van der Waals surface area contributed by atoms with Gasteiger partial charge in [-0.05, 0) is 18.3 Å². The van der Waals surface area contributed by atoms with Gasteiger partial charge < -0.3 is 15.4 Å². The van der Waals surface area contributed by atoms with Gasteiger partial charge >= 0.3 is 6.03 Å². The van der Waals surface area contributed by atoms with Crippen LogP contribution in [0.5, 0.6) is 0 Å². The average Bonchev–Trinajstić information content (AvgIpc) is 2.82. The van der Waals surface area contributed by atoms with Crippen LogP contribution in [0.25, 0.3) is 0 Å². The van der Waals surface area contributed by atoms with Crippen molar-refractivity contribution < 1.29 is 17.9 Å². The first-order valence-corrected chi connectivity index (χ1v) is 10.2. The maximum atomic E-state index is 11.8. The minimum absolute atomic E-state index is 0.0140. The predicted molar refractivity (Wildman–Crippen MR) is 89.2 cm³/mol. The Balaban J connectivity index is 1.62. The molecule has 0 aliphatic carbocycles. The first-order valence-electron chi connectivity index (χ1n) is 8.40. The Kier molecular flexibility index (Phi) is 6.67. The average molecular weight is 347 g/mol. The van der Waals surface area contributed by atoms with Crippen LogP contribution in [-0.4, -0.2) is 76.3 Å². The molecule has 2 aliphatic rings. The summed E-state index contributed by atoms with van der Waals surface area (Å²) in [7, 11) is -2.89. The molecule has 7 nitrogen and oxygen atoms in total. The minimum Gasteiger partial charge on any atom is -0.374 e. The van der Waals surface area contributed by atoms with Crippen molar-refractivity contribution in [3.05, 3.63) is 0 Å². The third-order valence-electron chi connectivity index (χ3n) is 4.21. The number of carbonyl (C=O) groups excluding carboxylic acids is 1. The lowest BCUT2D eigenvalue weighted by molar-refractivity contribution is -0.0290. The molecule has 2 saturated heterocycles. The number of rotatable bonds is 6.